The van der Waals surface area contributed by atoms with Crippen molar-refractivity contribution < 1.29 is 0 Å². The zero-order valence-corrected chi connectivity index (χ0v) is 20.5. The second kappa shape index (κ2) is 13.3. The fraction of sp³-hybridized carbons (Fsp3) is 0.727. The van der Waals surface area contributed by atoms with Gasteiger partial charge in [-0.05, 0) is 44.4 Å². The van der Waals surface area contributed by atoms with Gasteiger partial charge in [0.1, 0.15) is 5.82 Å². The highest BCUT2D eigenvalue weighted by Crippen LogP contribution is 2.28. The molecule has 1 saturated heterocycles. The fourth-order valence-corrected chi connectivity index (χ4v) is 4.14. The molecule has 7 heteroatoms. The molecule has 1 aromatic rings. The van der Waals surface area contributed by atoms with Crippen LogP contribution in [0.4, 0.5) is 5.82 Å². The molecule has 0 atom stereocenters. The predicted molar refractivity (Wildman–Crippen MR) is 133 cm³/mol. The van der Waals surface area contributed by atoms with Crippen LogP contribution in [0.25, 0.3) is 0 Å². The van der Waals surface area contributed by atoms with Gasteiger partial charge in [0.05, 0.1) is 6.54 Å². The highest BCUT2D eigenvalue weighted by atomic mass is 127. The number of aliphatic imine (C=N–C) groups is 1. The average molecular weight is 515 g/mol. The lowest BCUT2D eigenvalue weighted by Crippen LogP contribution is -2.44. The number of pyridine rings is 1. The van der Waals surface area contributed by atoms with Gasteiger partial charge in [0, 0.05) is 45.5 Å². The van der Waals surface area contributed by atoms with E-state index in [1.165, 1.54) is 38.5 Å². The number of rotatable bonds is 8. The third-order valence-corrected chi connectivity index (χ3v) is 5.96. The summed E-state index contributed by atoms with van der Waals surface area (Å²) in [5.74, 6) is 2.96. The molecular weight excluding hydrogens is 475 g/mol. The Morgan fingerprint density at radius 3 is 2.55 bits per heavy atom. The van der Waals surface area contributed by atoms with Gasteiger partial charge < -0.3 is 20.4 Å². The quantitative estimate of drug-likeness (QED) is 0.241. The maximum atomic E-state index is 4.74. The van der Waals surface area contributed by atoms with Crippen LogP contribution < -0.4 is 15.5 Å². The fourth-order valence-electron chi connectivity index (χ4n) is 4.14. The normalized spacial score (nSPS) is 18.6. The zero-order chi connectivity index (χ0) is 19.6. The number of nitrogens with zero attached hydrogens (tertiary/aromatic N) is 4. The van der Waals surface area contributed by atoms with E-state index in [0.717, 1.165) is 62.5 Å². The van der Waals surface area contributed by atoms with Crippen molar-refractivity contribution in [1.82, 2.24) is 20.5 Å². The molecule has 2 aliphatic rings. The maximum Gasteiger partial charge on any atom is 0.191 e. The Balaban J connectivity index is 0.00000300. The van der Waals surface area contributed by atoms with Crippen LogP contribution in [0, 0.1) is 5.92 Å². The van der Waals surface area contributed by atoms with E-state index in [4.69, 9.17) is 4.99 Å². The van der Waals surface area contributed by atoms with Crippen molar-refractivity contribution in [2.24, 2.45) is 10.9 Å². The molecule has 3 rings (SSSR count). The van der Waals surface area contributed by atoms with Gasteiger partial charge >= 0.3 is 0 Å². The average Bonchev–Trinajstić information content (AvgIpc) is 3.24. The summed E-state index contributed by atoms with van der Waals surface area (Å²) in [5.41, 5.74) is 1.15. The molecule has 0 amide bonds. The van der Waals surface area contributed by atoms with Gasteiger partial charge in [-0.1, -0.05) is 31.7 Å². The molecule has 2 fully saturated rings. The number of piperazine rings is 1. The van der Waals surface area contributed by atoms with Gasteiger partial charge in [-0.3, -0.25) is 0 Å². The third-order valence-electron chi connectivity index (χ3n) is 5.96. The van der Waals surface area contributed by atoms with Crippen LogP contribution in [-0.2, 0) is 6.54 Å². The first-order valence-electron chi connectivity index (χ1n) is 11.1. The van der Waals surface area contributed by atoms with E-state index in [-0.39, 0.29) is 24.0 Å². The molecule has 0 unspecified atom stereocenters. The molecule has 0 aromatic carbocycles. The standard InChI is InChI=1S/C22H38N6.HI/c1-3-23-22(24-12-6-9-19-7-4-5-8-19)26-18-20-10-11-21(25-17-20)28-15-13-27(2)14-16-28;/h10-11,17,19H,3-9,12-16,18H2,1-2H3,(H2,23,24,26);1H. The lowest BCUT2D eigenvalue weighted by Gasteiger charge is -2.33. The van der Waals surface area contributed by atoms with Crippen LogP contribution in [0.3, 0.4) is 0 Å². The molecule has 0 bridgehead atoms. The first-order chi connectivity index (χ1) is 13.7. The van der Waals surface area contributed by atoms with Crippen LogP contribution in [0.15, 0.2) is 23.3 Å². The summed E-state index contributed by atoms with van der Waals surface area (Å²) >= 11 is 0. The molecule has 1 aliphatic carbocycles. The number of halogens is 1. The largest absolute Gasteiger partial charge is 0.357 e. The molecule has 2 N–H and O–H groups in total. The first-order valence-corrected chi connectivity index (χ1v) is 11.1. The van der Waals surface area contributed by atoms with Crippen LogP contribution in [-0.4, -0.2) is 62.2 Å². The number of hydrogen-bond donors (Lipinski definition) is 2. The third kappa shape index (κ3) is 8.28. The number of hydrogen-bond acceptors (Lipinski definition) is 4. The summed E-state index contributed by atoms with van der Waals surface area (Å²) < 4.78 is 0. The van der Waals surface area contributed by atoms with Crippen LogP contribution in [0.1, 0.15) is 51.0 Å². The Labute approximate surface area is 194 Å². The van der Waals surface area contributed by atoms with Gasteiger partial charge in [0.25, 0.3) is 0 Å². The molecule has 164 valence electrons. The molecule has 2 heterocycles. The van der Waals surface area contributed by atoms with Crippen molar-refractivity contribution in [2.75, 3.05) is 51.2 Å². The summed E-state index contributed by atoms with van der Waals surface area (Å²) in [5, 5.41) is 6.84. The molecule has 0 radical (unpaired) electrons. The monoisotopic (exact) mass is 514 g/mol. The van der Waals surface area contributed by atoms with E-state index in [9.17, 15) is 0 Å². The Morgan fingerprint density at radius 1 is 1.14 bits per heavy atom. The summed E-state index contributed by atoms with van der Waals surface area (Å²) in [6.45, 7) is 8.97. The topological polar surface area (TPSA) is 55.8 Å². The van der Waals surface area contributed by atoms with Gasteiger partial charge in [0.15, 0.2) is 5.96 Å². The predicted octanol–water partition coefficient (Wildman–Crippen LogP) is 3.48. The van der Waals surface area contributed by atoms with Gasteiger partial charge in [0.2, 0.25) is 0 Å². The minimum atomic E-state index is 0. The molecular formula is C22H39IN6. The molecule has 6 nitrogen and oxygen atoms in total. The van der Waals surface area contributed by atoms with Gasteiger partial charge in [-0.25, -0.2) is 9.98 Å². The summed E-state index contributed by atoms with van der Waals surface area (Å²) in [6, 6.07) is 4.30. The molecule has 1 aromatic heterocycles. The lowest BCUT2D eigenvalue weighted by atomic mass is 10.0. The number of guanidine groups is 1. The van der Waals surface area contributed by atoms with E-state index in [1.807, 2.05) is 6.20 Å². The van der Waals surface area contributed by atoms with Crippen molar-refractivity contribution in [3.63, 3.8) is 0 Å². The molecule has 1 saturated carbocycles. The number of anilines is 1. The Morgan fingerprint density at radius 2 is 1.90 bits per heavy atom. The molecule has 1 aliphatic heterocycles. The Kier molecular flexibility index (Phi) is 11.1. The second-order valence-corrected chi connectivity index (χ2v) is 8.23. The van der Waals surface area contributed by atoms with Crippen molar-refractivity contribution >= 4 is 35.8 Å². The lowest BCUT2D eigenvalue weighted by molar-refractivity contribution is 0.312. The highest BCUT2D eigenvalue weighted by molar-refractivity contribution is 14.0. The smallest absolute Gasteiger partial charge is 0.191 e. The van der Waals surface area contributed by atoms with E-state index in [2.05, 4.69) is 51.5 Å². The van der Waals surface area contributed by atoms with E-state index < -0.39 is 0 Å². The van der Waals surface area contributed by atoms with Gasteiger partial charge in [-0.15, -0.1) is 24.0 Å². The number of likely N-dealkylation sites (N-methyl/N-ethyl adjacent to an activating group) is 1. The van der Waals surface area contributed by atoms with Crippen LogP contribution >= 0.6 is 24.0 Å². The SMILES string of the molecule is CCNC(=NCc1ccc(N2CCN(C)CC2)nc1)NCCCC1CCCC1.I. The summed E-state index contributed by atoms with van der Waals surface area (Å²) in [7, 11) is 2.18. The van der Waals surface area contributed by atoms with Crippen LogP contribution in [0.2, 0.25) is 0 Å². The van der Waals surface area contributed by atoms with Crippen molar-refractivity contribution in [1.29, 1.82) is 0 Å². The van der Waals surface area contributed by atoms with E-state index >= 15 is 0 Å². The number of aromatic nitrogens is 1. The van der Waals surface area contributed by atoms with Gasteiger partial charge in [-0.2, -0.15) is 0 Å². The van der Waals surface area contributed by atoms with Crippen LogP contribution in [0.5, 0.6) is 0 Å². The summed E-state index contributed by atoms with van der Waals surface area (Å²) in [6.07, 6.45) is 10.3. The second-order valence-electron chi connectivity index (χ2n) is 8.23. The zero-order valence-electron chi connectivity index (χ0n) is 18.2. The van der Waals surface area contributed by atoms with Crippen molar-refractivity contribution in [3.8, 4) is 0 Å². The number of nitrogens with one attached hydrogen (secondary N) is 2. The molecule has 29 heavy (non-hydrogen) atoms. The van der Waals surface area contributed by atoms with Crippen molar-refractivity contribution in [3.05, 3.63) is 23.9 Å². The van der Waals surface area contributed by atoms with E-state index in [1.54, 1.807) is 0 Å². The van der Waals surface area contributed by atoms with Crippen molar-refractivity contribution in [2.45, 2.75) is 52.0 Å². The summed E-state index contributed by atoms with van der Waals surface area (Å²) in [4.78, 5) is 14.1. The highest BCUT2D eigenvalue weighted by Gasteiger charge is 2.15. The minimum absolute atomic E-state index is 0. The molecule has 0 spiro atoms. The minimum Gasteiger partial charge on any atom is -0.357 e. The first kappa shape index (κ1) is 24.2. The van der Waals surface area contributed by atoms with E-state index in [0.29, 0.717) is 6.54 Å². The maximum absolute atomic E-state index is 4.74. The Hall–Kier alpha value is -1.09. The Bertz CT molecular complexity index is 592.